The summed E-state index contributed by atoms with van der Waals surface area (Å²) in [7, 11) is 0. The van der Waals surface area contributed by atoms with Crippen molar-refractivity contribution in [3.8, 4) is 0 Å². The Morgan fingerprint density at radius 2 is 2.04 bits per heavy atom. The second kappa shape index (κ2) is 8.26. The van der Waals surface area contributed by atoms with Crippen LogP contribution in [0.4, 0.5) is 0 Å². The van der Waals surface area contributed by atoms with Gasteiger partial charge in [0.1, 0.15) is 0 Å². The fourth-order valence-electron chi connectivity index (χ4n) is 2.45. The summed E-state index contributed by atoms with van der Waals surface area (Å²) in [5, 5.41) is 3.33. The predicted molar refractivity (Wildman–Crippen MR) is 89.5 cm³/mol. The van der Waals surface area contributed by atoms with E-state index in [0.717, 1.165) is 6.42 Å². The fraction of sp³-hybridized carbons (Fsp3) is 0.562. The number of aromatic nitrogens is 1. The smallest absolute Gasteiger partial charge is 0.255 e. The highest BCUT2D eigenvalue weighted by Crippen LogP contribution is 2.16. The molecule has 0 radical (unpaired) electrons. The Morgan fingerprint density at radius 1 is 1.35 bits per heavy atom. The lowest BCUT2D eigenvalue weighted by Crippen LogP contribution is -2.51. The number of hydrogen-bond donors (Lipinski definition) is 1. The summed E-state index contributed by atoms with van der Waals surface area (Å²) in [6.45, 7) is 6.96. The van der Waals surface area contributed by atoms with Crippen LogP contribution >= 0.6 is 11.6 Å². The summed E-state index contributed by atoms with van der Waals surface area (Å²) in [4.78, 5) is 32.1. The Bertz CT molecular complexity index is 559. The third-order valence-corrected chi connectivity index (χ3v) is 4.35. The molecule has 7 heteroatoms. The Hall–Kier alpha value is -1.66. The maximum Gasteiger partial charge on any atom is 0.255 e. The highest BCUT2D eigenvalue weighted by molar-refractivity contribution is 6.33. The minimum atomic E-state index is -0.0823. The number of rotatable bonds is 5. The highest BCUT2D eigenvalue weighted by atomic mass is 35.5. The molecule has 2 amide bonds. The second-order valence-electron chi connectivity index (χ2n) is 5.80. The molecule has 2 rings (SSSR count). The highest BCUT2D eigenvalue weighted by Gasteiger charge is 2.24. The number of carbonyl (C=O) groups is 2. The molecule has 23 heavy (non-hydrogen) atoms. The summed E-state index contributed by atoms with van der Waals surface area (Å²) >= 11 is 6.02. The molecular formula is C16H23ClN4O2. The molecule has 1 aliphatic rings. The Labute approximate surface area is 141 Å². The van der Waals surface area contributed by atoms with Crippen LogP contribution in [0.3, 0.4) is 0 Å². The van der Waals surface area contributed by atoms with Crippen LogP contribution in [0.1, 0.15) is 30.6 Å². The van der Waals surface area contributed by atoms with Crippen LogP contribution in [0.5, 0.6) is 0 Å². The number of carbonyl (C=O) groups excluding carboxylic acids is 2. The van der Waals surface area contributed by atoms with Crippen LogP contribution in [0.2, 0.25) is 5.02 Å². The number of halogens is 1. The van der Waals surface area contributed by atoms with E-state index < -0.39 is 0 Å². The summed E-state index contributed by atoms with van der Waals surface area (Å²) in [5.74, 6) is -0.0441. The van der Waals surface area contributed by atoms with Crippen molar-refractivity contribution in [1.82, 2.24) is 20.1 Å². The third kappa shape index (κ3) is 4.91. The maximum atomic E-state index is 12.4. The van der Waals surface area contributed by atoms with Crippen LogP contribution < -0.4 is 5.32 Å². The van der Waals surface area contributed by atoms with Crippen molar-refractivity contribution in [2.45, 2.75) is 26.3 Å². The molecule has 1 atom stereocenters. The van der Waals surface area contributed by atoms with Crippen molar-refractivity contribution in [2.24, 2.45) is 0 Å². The van der Waals surface area contributed by atoms with Gasteiger partial charge in [-0.25, -0.2) is 0 Å². The minimum absolute atomic E-state index is 0.0382. The number of pyridine rings is 1. The zero-order chi connectivity index (χ0) is 16.8. The molecule has 1 saturated heterocycles. The lowest BCUT2D eigenvalue weighted by atomic mass is 10.2. The van der Waals surface area contributed by atoms with E-state index in [1.165, 1.54) is 6.20 Å². The second-order valence-corrected chi connectivity index (χ2v) is 6.21. The van der Waals surface area contributed by atoms with Crippen LogP contribution in [0.25, 0.3) is 0 Å². The van der Waals surface area contributed by atoms with Gasteiger partial charge in [-0.05, 0) is 19.4 Å². The molecular weight excluding hydrogens is 316 g/mol. The quantitative estimate of drug-likeness (QED) is 0.881. The summed E-state index contributed by atoms with van der Waals surface area (Å²) in [5.41, 5.74) is 0.477. The van der Waals surface area contributed by atoms with E-state index in [1.807, 2.05) is 13.8 Å². The topological polar surface area (TPSA) is 65.5 Å². The predicted octanol–water partition coefficient (Wildman–Crippen LogP) is 1.41. The molecule has 0 saturated carbocycles. The van der Waals surface area contributed by atoms with Gasteiger partial charge in [-0.15, -0.1) is 0 Å². The fourth-order valence-corrected chi connectivity index (χ4v) is 2.65. The SMILES string of the molecule is CCC(C)NC(=O)CN1CCN(C(=O)c2ccncc2Cl)CC1. The van der Waals surface area contributed by atoms with Crippen molar-refractivity contribution >= 4 is 23.4 Å². The van der Waals surface area contributed by atoms with Gasteiger partial charge in [-0.2, -0.15) is 0 Å². The van der Waals surface area contributed by atoms with Gasteiger partial charge in [0, 0.05) is 44.6 Å². The standard InChI is InChI=1S/C16H23ClN4O2/c1-3-12(2)19-15(22)11-20-6-8-21(9-7-20)16(23)13-4-5-18-10-14(13)17/h4-5,10,12H,3,6-9,11H2,1-2H3,(H,19,22). The molecule has 1 aliphatic heterocycles. The van der Waals surface area contributed by atoms with Crippen LogP contribution in [0, 0.1) is 0 Å². The molecule has 1 N–H and O–H groups in total. The first-order valence-electron chi connectivity index (χ1n) is 7.91. The molecule has 0 aliphatic carbocycles. The Kier molecular flexibility index (Phi) is 6.36. The van der Waals surface area contributed by atoms with E-state index in [9.17, 15) is 9.59 Å². The van der Waals surface area contributed by atoms with E-state index in [1.54, 1.807) is 17.2 Å². The molecule has 1 unspecified atom stereocenters. The number of piperazine rings is 1. The van der Waals surface area contributed by atoms with E-state index in [-0.39, 0.29) is 17.9 Å². The third-order valence-electron chi connectivity index (χ3n) is 4.05. The first kappa shape index (κ1) is 17.7. The van der Waals surface area contributed by atoms with E-state index in [2.05, 4.69) is 15.2 Å². The molecule has 1 aromatic heterocycles. The summed E-state index contributed by atoms with van der Waals surface area (Å²) < 4.78 is 0. The molecule has 6 nitrogen and oxygen atoms in total. The first-order chi connectivity index (χ1) is 11.0. The minimum Gasteiger partial charge on any atom is -0.353 e. The van der Waals surface area contributed by atoms with Crippen molar-refractivity contribution in [3.63, 3.8) is 0 Å². The molecule has 1 aromatic rings. The van der Waals surface area contributed by atoms with Gasteiger partial charge >= 0.3 is 0 Å². The molecule has 0 bridgehead atoms. The van der Waals surface area contributed by atoms with Gasteiger partial charge in [-0.3, -0.25) is 19.5 Å². The Balaban J connectivity index is 1.83. The number of amides is 2. The summed E-state index contributed by atoms with van der Waals surface area (Å²) in [6, 6.07) is 1.83. The van der Waals surface area contributed by atoms with Gasteiger partial charge < -0.3 is 10.2 Å². The largest absolute Gasteiger partial charge is 0.353 e. The van der Waals surface area contributed by atoms with Gasteiger partial charge in [0.05, 0.1) is 17.1 Å². The summed E-state index contributed by atoms with van der Waals surface area (Å²) in [6.07, 6.45) is 3.96. The lowest BCUT2D eigenvalue weighted by Gasteiger charge is -2.34. The molecule has 2 heterocycles. The molecule has 1 fully saturated rings. The molecule has 0 spiro atoms. The molecule has 126 valence electrons. The van der Waals surface area contributed by atoms with E-state index in [4.69, 9.17) is 11.6 Å². The number of hydrogen-bond acceptors (Lipinski definition) is 4. The zero-order valence-electron chi connectivity index (χ0n) is 13.6. The Morgan fingerprint density at radius 3 is 2.65 bits per heavy atom. The van der Waals surface area contributed by atoms with Crippen LogP contribution in [-0.4, -0.2) is 65.4 Å². The lowest BCUT2D eigenvalue weighted by molar-refractivity contribution is -0.123. The van der Waals surface area contributed by atoms with E-state index in [0.29, 0.717) is 43.3 Å². The van der Waals surface area contributed by atoms with Crippen molar-refractivity contribution in [2.75, 3.05) is 32.7 Å². The van der Waals surface area contributed by atoms with Crippen molar-refractivity contribution in [1.29, 1.82) is 0 Å². The van der Waals surface area contributed by atoms with Gasteiger partial charge in [-0.1, -0.05) is 18.5 Å². The van der Waals surface area contributed by atoms with E-state index >= 15 is 0 Å². The maximum absolute atomic E-state index is 12.4. The number of nitrogens with one attached hydrogen (secondary N) is 1. The van der Waals surface area contributed by atoms with Crippen molar-refractivity contribution in [3.05, 3.63) is 29.0 Å². The molecule has 0 aromatic carbocycles. The van der Waals surface area contributed by atoms with Gasteiger partial charge in [0.2, 0.25) is 5.91 Å². The average molecular weight is 339 g/mol. The van der Waals surface area contributed by atoms with Crippen LogP contribution in [0.15, 0.2) is 18.5 Å². The monoisotopic (exact) mass is 338 g/mol. The zero-order valence-corrected chi connectivity index (χ0v) is 14.3. The average Bonchev–Trinajstić information content (AvgIpc) is 2.55. The van der Waals surface area contributed by atoms with Crippen LogP contribution in [-0.2, 0) is 4.79 Å². The normalized spacial score (nSPS) is 16.9. The first-order valence-corrected chi connectivity index (χ1v) is 8.29. The van der Waals surface area contributed by atoms with Gasteiger partial charge in [0.15, 0.2) is 0 Å². The van der Waals surface area contributed by atoms with Gasteiger partial charge in [0.25, 0.3) is 5.91 Å². The number of nitrogens with zero attached hydrogens (tertiary/aromatic N) is 3. The van der Waals surface area contributed by atoms with Crippen molar-refractivity contribution < 1.29 is 9.59 Å².